The van der Waals surface area contributed by atoms with Gasteiger partial charge in [-0.25, -0.2) is 9.97 Å². The molecule has 1 fully saturated rings. The van der Waals surface area contributed by atoms with Crippen molar-refractivity contribution >= 4 is 16.9 Å². The van der Waals surface area contributed by atoms with Gasteiger partial charge >= 0.3 is 0 Å². The number of likely N-dealkylation sites (tertiary alicyclic amines) is 1. The Bertz CT molecular complexity index is 888. The largest absolute Gasteiger partial charge is 0.368 e. The van der Waals surface area contributed by atoms with Gasteiger partial charge in [0.2, 0.25) is 0 Å². The first-order valence-corrected chi connectivity index (χ1v) is 9.87. The number of piperidine rings is 1. The zero-order valence-electron chi connectivity index (χ0n) is 16.2. The predicted molar refractivity (Wildman–Crippen MR) is 109 cm³/mol. The Labute approximate surface area is 160 Å². The molecule has 1 N–H and O–H groups in total. The van der Waals surface area contributed by atoms with E-state index >= 15 is 0 Å². The second-order valence-corrected chi connectivity index (χ2v) is 7.49. The van der Waals surface area contributed by atoms with E-state index in [-0.39, 0.29) is 0 Å². The van der Waals surface area contributed by atoms with Crippen LogP contribution in [0.4, 0.5) is 5.82 Å². The molecule has 0 aliphatic carbocycles. The van der Waals surface area contributed by atoms with Crippen LogP contribution in [0.2, 0.25) is 0 Å². The molecule has 27 heavy (non-hydrogen) atoms. The molecule has 0 spiro atoms. The van der Waals surface area contributed by atoms with Crippen LogP contribution in [0.15, 0.2) is 36.5 Å². The van der Waals surface area contributed by atoms with Crippen LogP contribution >= 0.6 is 0 Å². The third kappa shape index (κ3) is 4.11. The molecule has 1 aliphatic rings. The van der Waals surface area contributed by atoms with Gasteiger partial charge in [0.1, 0.15) is 11.6 Å². The smallest absolute Gasteiger partial charge is 0.163 e. The van der Waals surface area contributed by atoms with Crippen LogP contribution in [0.5, 0.6) is 0 Å². The fraction of sp³-hybridized carbons (Fsp3) is 0.476. The summed E-state index contributed by atoms with van der Waals surface area (Å²) >= 11 is 0. The molecule has 2 aromatic heterocycles. The first kappa shape index (κ1) is 17.9. The summed E-state index contributed by atoms with van der Waals surface area (Å²) in [7, 11) is 4.16. The monoisotopic (exact) mass is 364 g/mol. The SMILES string of the molecule is CN1CCCC[C@@H]1CNc1nc(CCc2ccccc2)nc2c1cnn2C. The minimum atomic E-state index is 0.563. The van der Waals surface area contributed by atoms with E-state index in [2.05, 4.69) is 46.6 Å². The van der Waals surface area contributed by atoms with Gasteiger partial charge in [0, 0.05) is 26.1 Å². The van der Waals surface area contributed by atoms with Crippen LogP contribution in [0.25, 0.3) is 11.0 Å². The number of fused-ring (bicyclic) bond motifs is 1. The van der Waals surface area contributed by atoms with Crippen molar-refractivity contribution in [1.82, 2.24) is 24.6 Å². The van der Waals surface area contributed by atoms with Crippen LogP contribution in [-0.4, -0.2) is 50.8 Å². The molecular formula is C21H28N6. The predicted octanol–water partition coefficient (Wildman–Crippen LogP) is 3.04. The average molecular weight is 364 g/mol. The number of nitrogens with one attached hydrogen (secondary N) is 1. The lowest BCUT2D eigenvalue weighted by Crippen LogP contribution is -2.40. The zero-order valence-corrected chi connectivity index (χ0v) is 16.2. The lowest BCUT2D eigenvalue weighted by molar-refractivity contribution is 0.194. The molecule has 1 aliphatic heterocycles. The molecule has 0 bridgehead atoms. The van der Waals surface area contributed by atoms with Crippen molar-refractivity contribution < 1.29 is 0 Å². The third-order valence-electron chi connectivity index (χ3n) is 5.55. The van der Waals surface area contributed by atoms with Gasteiger partial charge in [0.05, 0.1) is 11.6 Å². The van der Waals surface area contributed by atoms with E-state index in [0.717, 1.165) is 42.1 Å². The van der Waals surface area contributed by atoms with E-state index in [1.165, 1.54) is 31.4 Å². The van der Waals surface area contributed by atoms with Crippen molar-refractivity contribution in [2.45, 2.75) is 38.1 Å². The molecule has 142 valence electrons. The van der Waals surface area contributed by atoms with Gasteiger partial charge in [0.15, 0.2) is 5.65 Å². The Morgan fingerprint density at radius 2 is 1.93 bits per heavy atom. The summed E-state index contributed by atoms with van der Waals surface area (Å²) in [6.45, 7) is 2.09. The second kappa shape index (κ2) is 8.05. The van der Waals surface area contributed by atoms with Crippen molar-refractivity contribution in [2.24, 2.45) is 7.05 Å². The van der Waals surface area contributed by atoms with Gasteiger partial charge < -0.3 is 10.2 Å². The summed E-state index contributed by atoms with van der Waals surface area (Å²) < 4.78 is 1.83. The van der Waals surface area contributed by atoms with Crippen molar-refractivity contribution in [3.8, 4) is 0 Å². The van der Waals surface area contributed by atoms with Gasteiger partial charge in [-0.3, -0.25) is 4.68 Å². The van der Waals surface area contributed by atoms with Gasteiger partial charge in [-0.15, -0.1) is 0 Å². The highest BCUT2D eigenvalue weighted by Gasteiger charge is 2.19. The van der Waals surface area contributed by atoms with Gasteiger partial charge in [-0.05, 0) is 38.4 Å². The van der Waals surface area contributed by atoms with Crippen LogP contribution < -0.4 is 5.32 Å². The number of rotatable bonds is 6. The van der Waals surface area contributed by atoms with Gasteiger partial charge in [-0.1, -0.05) is 36.8 Å². The summed E-state index contributed by atoms with van der Waals surface area (Å²) in [6.07, 6.45) is 7.48. The molecule has 1 atom stereocenters. The maximum Gasteiger partial charge on any atom is 0.163 e. The van der Waals surface area contributed by atoms with E-state index in [4.69, 9.17) is 9.97 Å². The highest BCUT2D eigenvalue weighted by atomic mass is 15.3. The number of aromatic nitrogens is 4. The minimum absolute atomic E-state index is 0.563. The number of nitrogens with zero attached hydrogens (tertiary/aromatic N) is 5. The lowest BCUT2D eigenvalue weighted by Gasteiger charge is -2.32. The quantitative estimate of drug-likeness (QED) is 0.728. The Morgan fingerprint density at radius 3 is 2.74 bits per heavy atom. The zero-order chi connectivity index (χ0) is 18.6. The fourth-order valence-electron chi connectivity index (χ4n) is 3.83. The standard InChI is InChI=1S/C21H28N6/c1-26-13-7-6-10-17(26)14-22-20-18-15-23-27(2)21(18)25-19(24-20)12-11-16-8-4-3-5-9-16/h3-5,8-9,15,17H,6-7,10-14H2,1-2H3,(H,22,24,25)/t17-/m1/s1. The Balaban J connectivity index is 1.53. The number of hydrogen-bond donors (Lipinski definition) is 1. The topological polar surface area (TPSA) is 58.9 Å². The van der Waals surface area contributed by atoms with Crippen LogP contribution in [0, 0.1) is 0 Å². The number of hydrogen-bond acceptors (Lipinski definition) is 5. The highest BCUT2D eigenvalue weighted by molar-refractivity contribution is 5.86. The van der Waals surface area contributed by atoms with Crippen molar-refractivity contribution in [1.29, 1.82) is 0 Å². The molecule has 1 aromatic carbocycles. The highest BCUT2D eigenvalue weighted by Crippen LogP contribution is 2.22. The van der Waals surface area contributed by atoms with E-state index in [9.17, 15) is 0 Å². The molecule has 0 amide bonds. The molecule has 0 saturated carbocycles. The molecule has 6 heteroatoms. The van der Waals surface area contributed by atoms with E-state index in [0.29, 0.717) is 6.04 Å². The summed E-state index contributed by atoms with van der Waals surface area (Å²) in [5, 5.41) is 8.98. The first-order valence-electron chi connectivity index (χ1n) is 9.87. The Hall–Kier alpha value is -2.47. The summed E-state index contributed by atoms with van der Waals surface area (Å²) in [6, 6.07) is 11.1. The number of benzene rings is 1. The Kier molecular flexibility index (Phi) is 5.34. The summed E-state index contributed by atoms with van der Waals surface area (Å²) in [4.78, 5) is 12.1. The minimum Gasteiger partial charge on any atom is -0.368 e. The first-order chi connectivity index (χ1) is 13.2. The summed E-state index contributed by atoms with van der Waals surface area (Å²) in [5.41, 5.74) is 2.21. The van der Waals surface area contributed by atoms with E-state index < -0.39 is 0 Å². The van der Waals surface area contributed by atoms with E-state index in [1.54, 1.807) is 0 Å². The number of anilines is 1. The molecule has 6 nitrogen and oxygen atoms in total. The Morgan fingerprint density at radius 1 is 1.07 bits per heavy atom. The van der Waals surface area contributed by atoms with Crippen molar-refractivity contribution in [3.05, 3.63) is 47.9 Å². The second-order valence-electron chi connectivity index (χ2n) is 7.49. The van der Waals surface area contributed by atoms with Crippen LogP contribution in [-0.2, 0) is 19.9 Å². The van der Waals surface area contributed by atoms with Gasteiger partial charge in [0.25, 0.3) is 0 Å². The van der Waals surface area contributed by atoms with Crippen molar-refractivity contribution in [2.75, 3.05) is 25.5 Å². The fourth-order valence-corrected chi connectivity index (χ4v) is 3.83. The third-order valence-corrected chi connectivity index (χ3v) is 5.55. The molecule has 3 heterocycles. The van der Waals surface area contributed by atoms with Crippen molar-refractivity contribution in [3.63, 3.8) is 0 Å². The summed E-state index contributed by atoms with van der Waals surface area (Å²) in [5.74, 6) is 1.78. The maximum atomic E-state index is 4.84. The normalized spacial score (nSPS) is 18.1. The number of aryl methyl sites for hydroxylation is 3. The van der Waals surface area contributed by atoms with Crippen LogP contribution in [0.1, 0.15) is 30.7 Å². The molecule has 0 radical (unpaired) electrons. The number of likely N-dealkylation sites (N-methyl/N-ethyl adjacent to an activating group) is 1. The molecular weight excluding hydrogens is 336 g/mol. The lowest BCUT2D eigenvalue weighted by atomic mass is 10.0. The van der Waals surface area contributed by atoms with Gasteiger partial charge in [-0.2, -0.15) is 5.10 Å². The average Bonchev–Trinajstić information content (AvgIpc) is 3.07. The van der Waals surface area contributed by atoms with Crippen LogP contribution in [0.3, 0.4) is 0 Å². The molecule has 4 rings (SSSR count). The van der Waals surface area contributed by atoms with E-state index in [1.807, 2.05) is 24.0 Å². The molecule has 0 unspecified atom stereocenters. The molecule has 3 aromatic rings. The molecule has 1 saturated heterocycles. The maximum absolute atomic E-state index is 4.84.